The van der Waals surface area contributed by atoms with Gasteiger partial charge in [0.05, 0.1) is 11.9 Å². The molecule has 2 aromatic rings. The monoisotopic (exact) mass is 298 g/mol. The second kappa shape index (κ2) is 7.22. The average molecular weight is 298 g/mol. The second-order valence-electron chi connectivity index (χ2n) is 5.80. The Hall–Kier alpha value is -2.14. The molecule has 1 aliphatic rings. The SMILES string of the molecule is O=C(CCC1CCNC1)NCc1cnn(-c2ccccc2)c1. The van der Waals surface area contributed by atoms with E-state index in [4.69, 9.17) is 0 Å². The Balaban J connectivity index is 1.45. The van der Waals surface area contributed by atoms with Crippen molar-refractivity contribution in [1.29, 1.82) is 0 Å². The van der Waals surface area contributed by atoms with Crippen LogP contribution in [0.1, 0.15) is 24.8 Å². The fraction of sp³-hybridized carbons (Fsp3) is 0.412. The topological polar surface area (TPSA) is 59.0 Å². The summed E-state index contributed by atoms with van der Waals surface area (Å²) in [6.45, 7) is 2.68. The smallest absolute Gasteiger partial charge is 0.220 e. The highest BCUT2D eigenvalue weighted by Crippen LogP contribution is 2.14. The lowest BCUT2D eigenvalue weighted by Gasteiger charge is -2.08. The molecule has 0 radical (unpaired) electrons. The first kappa shape index (κ1) is 14.8. The van der Waals surface area contributed by atoms with Crippen molar-refractivity contribution in [2.24, 2.45) is 5.92 Å². The van der Waals surface area contributed by atoms with Gasteiger partial charge in [-0.15, -0.1) is 0 Å². The van der Waals surface area contributed by atoms with Gasteiger partial charge in [-0.3, -0.25) is 4.79 Å². The largest absolute Gasteiger partial charge is 0.352 e. The van der Waals surface area contributed by atoms with Crippen molar-refractivity contribution in [3.63, 3.8) is 0 Å². The molecule has 0 bridgehead atoms. The van der Waals surface area contributed by atoms with Gasteiger partial charge >= 0.3 is 0 Å². The molecular weight excluding hydrogens is 276 g/mol. The predicted molar refractivity (Wildman–Crippen MR) is 85.6 cm³/mol. The first-order valence-corrected chi connectivity index (χ1v) is 7.87. The normalized spacial score (nSPS) is 17.5. The quantitative estimate of drug-likeness (QED) is 0.856. The summed E-state index contributed by atoms with van der Waals surface area (Å²) in [5.74, 6) is 0.783. The zero-order valence-electron chi connectivity index (χ0n) is 12.7. The molecule has 1 aromatic carbocycles. The first-order valence-electron chi connectivity index (χ1n) is 7.87. The van der Waals surface area contributed by atoms with Crippen LogP contribution in [0.5, 0.6) is 0 Å². The van der Waals surface area contributed by atoms with Gasteiger partial charge in [0.1, 0.15) is 0 Å². The van der Waals surface area contributed by atoms with Crippen LogP contribution < -0.4 is 10.6 Å². The van der Waals surface area contributed by atoms with Crippen LogP contribution in [0.15, 0.2) is 42.7 Å². The zero-order valence-corrected chi connectivity index (χ0v) is 12.7. The summed E-state index contributed by atoms with van der Waals surface area (Å²) in [5, 5.41) is 10.6. The molecule has 0 aliphatic carbocycles. The molecular formula is C17H22N4O. The molecule has 116 valence electrons. The summed E-state index contributed by atoms with van der Waals surface area (Å²) in [6.07, 6.45) is 6.53. The third kappa shape index (κ3) is 3.95. The van der Waals surface area contributed by atoms with Gasteiger partial charge in [0.15, 0.2) is 0 Å². The molecule has 2 heterocycles. The Morgan fingerprint density at radius 1 is 1.36 bits per heavy atom. The standard InChI is InChI=1S/C17H22N4O/c22-17(7-6-14-8-9-18-10-14)19-11-15-12-20-21(13-15)16-4-2-1-3-5-16/h1-5,12-14,18H,6-11H2,(H,19,22). The van der Waals surface area contributed by atoms with E-state index in [1.165, 1.54) is 6.42 Å². The van der Waals surface area contributed by atoms with Crippen LogP contribution in [-0.2, 0) is 11.3 Å². The van der Waals surface area contributed by atoms with E-state index >= 15 is 0 Å². The van der Waals surface area contributed by atoms with Crippen LogP contribution in [-0.4, -0.2) is 28.8 Å². The third-order valence-corrected chi connectivity index (χ3v) is 4.09. The lowest BCUT2D eigenvalue weighted by molar-refractivity contribution is -0.121. The number of aromatic nitrogens is 2. The van der Waals surface area contributed by atoms with Crippen molar-refractivity contribution < 1.29 is 4.79 Å². The van der Waals surface area contributed by atoms with Crippen molar-refractivity contribution >= 4 is 5.91 Å². The van der Waals surface area contributed by atoms with Gasteiger partial charge in [0.25, 0.3) is 0 Å². The third-order valence-electron chi connectivity index (χ3n) is 4.09. The van der Waals surface area contributed by atoms with Crippen molar-refractivity contribution in [2.45, 2.75) is 25.8 Å². The number of amides is 1. The minimum absolute atomic E-state index is 0.124. The van der Waals surface area contributed by atoms with Crippen LogP contribution in [0.2, 0.25) is 0 Å². The van der Waals surface area contributed by atoms with E-state index in [-0.39, 0.29) is 5.91 Å². The molecule has 1 amide bonds. The molecule has 22 heavy (non-hydrogen) atoms. The van der Waals surface area contributed by atoms with E-state index in [0.29, 0.717) is 18.9 Å². The second-order valence-corrected chi connectivity index (χ2v) is 5.80. The van der Waals surface area contributed by atoms with E-state index in [0.717, 1.165) is 30.8 Å². The minimum Gasteiger partial charge on any atom is -0.352 e. The molecule has 0 saturated carbocycles. The van der Waals surface area contributed by atoms with Gasteiger partial charge in [0, 0.05) is 24.7 Å². The maximum atomic E-state index is 11.9. The van der Waals surface area contributed by atoms with Gasteiger partial charge in [-0.05, 0) is 44.0 Å². The minimum atomic E-state index is 0.124. The number of nitrogens with one attached hydrogen (secondary N) is 2. The van der Waals surface area contributed by atoms with Crippen molar-refractivity contribution in [3.8, 4) is 5.69 Å². The molecule has 2 N–H and O–H groups in total. The summed E-state index contributed by atoms with van der Waals surface area (Å²) in [5.41, 5.74) is 2.04. The number of carbonyl (C=O) groups is 1. The molecule has 5 nitrogen and oxygen atoms in total. The average Bonchev–Trinajstić information content (AvgIpc) is 3.23. The molecule has 1 saturated heterocycles. The van der Waals surface area contributed by atoms with E-state index in [2.05, 4.69) is 15.7 Å². The number of rotatable bonds is 6. The van der Waals surface area contributed by atoms with Crippen LogP contribution in [0.4, 0.5) is 0 Å². The summed E-state index contributed by atoms with van der Waals surface area (Å²) in [6, 6.07) is 9.96. The van der Waals surface area contributed by atoms with E-state index in [1.54, 1.807) is 6.20 Å². The molecule has 5 heteroatoms. The van der Waals surface area contributed by atoms with Crippen molar-refractivity contribution in [1.82, 2.24) is 20.4 Å². The van der Waals surface area contributed by atoms with E-state index in [1.807, 2.05) is 41.2 Å². The van der Waals surface area contributed by atoms with Gasteiger partial charge in [-0.25, -0.2) is 4.68 Å². The Labute approximate surface area is 130 Å². The highest BCUT2D eigenvalue weighted by molar-refractivity contribution is 5.75. The first-order chi connectivity index (χ1) is 10.8. The van der Waals surface area contributed by atoms with E-state index < -0.39 is 0 Å². The molecule has 0 spiro atoms. The van der Waals surface area contributed by atoms with Gasteiger partial charge in [-0.2, -0.15) is 5.10 Å². The van der Waals surface area contributed by atoms with Crippen molar-refractivity contribution in [3.05, 3.63) is 48.3 Å². The lowest BCUT2D eigenvalue weighted by atomic mass is 10.0. The molecule has 1 atom stereocenters. The van der Waals surface area contributed by atoms with Gasteiger partial charge < -0.3 is 10.6 Å². The van der Waals surface area contributed by atoms with Crippen LogP contribution >= 0.6 is 0 Å². The number of hydrogen-bond donors (Lipinski definition) is 2. The van der Waals surface area contributed by atoms with Crippen LogP contribution in [0.25, 0.3) is 5.69 Å². The fourth-order valence-electron chi connectivity index (χ4n) is 2.76. The number of benzene rings is 1. The molecule has 1 aliphatic heterocycles. The molecule has 1 fully saturated rings. The zero-order chi connectivity index (χ0) is 15.2. The summed E-state index contributed by atoms with van der Waals surface area (Å²) < 4.78 is 1.83. The van der Waals surface area contributed by atoms with Gasteiger partial charge in [-0.1, -0.05) is 18.2 Å². The Morgan fingerprint density at radius 3 is 3.00 bits per heavy atom. The van der Waals surface area contributed by atoms with Crippen LogP contribution in [0.3, 0.4) is 0 Å². The highest BCUT2D eigenvalue weighted by Gasteiger charge is 2.15. The number of carbonyl (C=O) groups excluding carboxylic acids is 1. The number of nitrogens with zero attached hydrogens (tertiary/aromatic N) is 2. The summed E-state index contributed by atoms with van der Waals surface area (Å²) >= 11 is 0. The maximum Gasteiger partial charge on any atom is 0.220 e. The lowest BCUT2D eigenvalue weighted by Crippen LogP contribution is -2.23. The fourth-order valence-corrected chi connectivity index (χ4v) is 2.76. The Bertz CT molecular complexity index is 602. The van der Waals surface area contributed by atoms with Gasteiger partial charge in [0.2, 0.25) is 5.91 Å². The molecule has 1 aromatic heterocycles. The van der Waals surface area contributed by atoms with Crippen molar-refractivity contribution in [2.75, 3.05) is 13.1 Å². The highest BCUT2D eigenvalue weighted by atomic mass is 16.1. The Morgan fingerprint density at radius 2 is 2.23 bits per heavy atom. The summed E-state index contributed by atoms with van der Waals surface area (Å²) in [4.78, 5) is 11.9. The number of para-hydroxylation sites is 1. The predicted octanol–water partition coefficient (Wildman–Crippen LogP) is 1.88. The van der Waals surface area contributed by atoms with E-state index in [9.17, 15) is 4.79 Å². The van der Waals surface area contributed by atoms with Crippen LogP contribution in [0, 0.1) is 5.92 Å². The summed E-state index contributed by atoms with van der Waals surface area (Å²) in [7, 11) is 0. The molecule has 1 unspecified atom stereocenters. The Kier molecular flexibility index (Phi) is 4.85. The maximum absolute atomic E-state index is 11.9. The number of hydrogen-bond acceptors (Lipinski definition) is 3. The molecule has 3 rings (SSSR count).